The molecule has 0 atom stereocenters. The van der Waals surface area contributed by atoms with Crippen molar-refractivity contribution >= 4 is 23.5 Å². The minimum atomic E-state index is -0.150. The van der Waals surface area contributed by atoms with Crippen molar-refractivity contribution in [1.82, 2.24) is 15.0 Å². The summed E-state index contributed by atoms with van der Waals surface area (Å²) in [7, 11) is 0. The third-order valence-corrected chi connectivity index (χ3v) is 4.38. The van der Waals surface area contributed by atoms with Crippen LogP contribution in [0, 0.1) is 26.7 Å². The Balaban J connectivity index is 1.96. The molecule has 2 aromatic heterocycles. The van der Waals surface area contributed by atoms with Crippen molar-refractivity contribution in [1.29, 1.82) is 0 Å². The highest BCUT2D eigenvalue weighted by Crippen LogP contribution is 2.15. The van der Waals surface area contributed by atoms with Gasteiger partial charge in [-0.05, 0) is 32.8 Å². The molecular formula is C17H24N4OS. The number of nitrogens with zero attached hydrogens (tertiary/aromatic N) is 3. The molecule has 2 rings (SSSR count). The molecule has 0 fully saturated rings. The molecule has 0 saturated heterocycles. The van der Waals surface area contributed by atoms with Crippen LogP contribution >= 0.6 is 11.3 Å². The summed E-state index contributed by atoms with van der Waals surface area (Å²) in [5.41, 5.74) is 6.77. The number of carbonyl (C=O) groups is 1. The third-order valence-electron chi connectivity index (χ3n) is 3.56. The fourth-order valence-corrected chi connectivity index (χ4v) is 3.08. The summed E-state index contributed by atoms with van der Waals surface area (Å²) in [4.78, 5) is 16.1. The summed E-state index contributed by atoms with van der Waals surface area (Å²) in [5.74, 6) is 0.438. The number of hydrogen-bond acceptors (Lipinski definition) is 4. The van der Waals surface area contributed by atoms with E-state index < -0.39 is 0 Å². The first-order chi connectivity index (χ1) is 10.9. The largest absolute Gasteiger partial charge is 0.348 e. The summed E-state index contributed by atoms with van der Waals surface area (Å²) >= 11 is 1.55. The van der Waals surface area contributed by atoms with Crippen LogP contribution in [0.1, 0.15) is 41.5 Å². The molecule has 0 unspecified atom stereocenters. The number of rotatable bonds is 6. The minimum Gasteiger partial charge on any atom is -0.348 e. The van der Waals surface area contributed by atoms with Gasteiger partial charge in [0.2, 0.25) is 5.91 Å². The van der Waals surface area contributed by atoms with Gasteiger partial charge in [0, 0.05) is 28.9 Å². The molecule has 0 aliphatic heterocycles. The molecule has 1 amide bonds. The lowest BCUT2D eigenvalue weighted by molar-refractivity contribution is -0.120. The molecule has 0 spiro atoms. The van der Waals surface area contributed by atoms with E-state index in [0.29, 0.717) is 5.92 Å². The van der Waals surface area contributed by atoms with Gasteiger partial charge in [0.15, 0.2) is 0 Å². The van der Waals surface area contributed by atoms with E-state index in [0.717, 1.165) is 22.8 Å². The second-order valence-electron chi connectivity index (χ2n) is 6.16. The van der Waals surface area contributed by atoms with Gasteiger partial charge >= 0.3 is 0 Å². The van der Waals surface area contributed by atoms with Gasteiger partial charge in [0.1, 0.15) is 0 Å². The van der Waals surface area contributed by atoms with E-state index in [1.165, 1.54) is 11.4 Å². The SMILES string of the molecule is Cc1nc(CC(=O)N/N=C\c2cc(C)n(CC(C)C)c2C)cs1. The Morgan fingerprint density at radius 2 is 2.17 bits per heavy atom. The number of amides is 1. The molecule has 2 heterocycles. The lowest BCUT2D eigenvalue weighted by atomic mass is 10.2. The average molecular weight is 332 g/mol. The van der Waals surface area contributed by atoms with E-state index in [1.54, 1.807) is 17.6 Å². The van der Waals surface area contributed by atoms with Crippen LogP contribution in [0.5, 0.6) is 0 Å². The molecule has 5 nitrogen and oxygen atoms in total. The van der Waals surface area contributed by atoms with Gasteiger partial charge in [-0.1, -0.05) is 13.8 Å². The Bertz CT molecular complexity index is 712. The predicted octanol–water partition coefficient (Wildman–Crippen LogP) is 3.22. The van der Waals surface area contributed by atoms with Gasteiger partial charge < -0.3 is 4.57 Å². The Hall–Kier alpha value is -1.95. The number of aromatic nitrogens is 2. The topological polar surface area (TPSA) is 59.3 Å². The zero-order chi connectivity index (χ0) is 17.0. The summed E-state index contributed by atoms with van der Waals surface area (Å²) in [6, 6.07) is 2.09. The first-order valence-corrected chi connectivity index (χ1v) is 8.64. The molecule has 0 saturated carbocycles. The zero-order valence-electron chi connectivity index (χ0n) is 14.4. The van der Waals surface area contributed by atoms with Crippen LogP contribution in [-0.4, -0.2) is 21.7 Å². The lowest BCUT2D eigenvalue weighted by Gasteiger charge is -2.11. The smallest absolute Gasteiger partial charge is 0.246 e. The minimum absolute atomic E-state index is 0.150. The van der Waals surface area contributed by atoms with Crippen molar-refractivity contribution in [3.63, 3.8) is 0 Å². The van der Waals surface area contributed by atoms with Gasteiger partial charge in [-0.25, -0.2) is 10.4 Å². The highest BCUT2D eigenvalue weighted by molar-refractivity contribution is 7.09. The maximum Gasteiger partial charge on any atom is 0.246 e. The van der Waals surface area contributed by atoms with Crippen molar-refractivity contribution in [2.24, 2.45) is 11.0 Å². The van der Waals surface area contributed by atoms with Crippen LogP contribution in [0.3, 0.4) is 0 Å². The van der Waals surface area contributed by atoms with E-state index in [2.05, 4.69) is 53.8 Å². The molecule has 2 aromatic rings. The number of carbonyl (C=O) groups excluding carboxylic acids is 1. The lowest BCUT2D eigenvalue weighted by Crippen LogP contribution is -2.20. The van der Waals surface area contributed by atoms with Crippen LogP contribution in [0.4, 0.5) is 0 Å². The molecule has 1 N–H and O–H groups in total. The number of aryl methyl sites for hydroxylation is 2. The molecule has 0 radical (unpaired) electrons. The highest BCUT2D eigenvalue weighted by Gasteiger charge is 2.09. The Morgan fingerprint density at radius 1 is 1.43 bits per heavy atom. The van der Waals surface area contributed by atoms with Crippen LogP contribution in [0.25, 0.3) is 0 Å². The maximum atomic E-state index is 11.8. The third kappa shape index (κ3) is 4.76. The van der Waals surface area contributed by atoms with Crippen molar-refractivity contribution < 1.29 is 4.79 Å². The quantitative estimate of drug-likeness (QED) is 0.652. The molecule has 0 bridgehead atoms. The Labute approximate surface area is 141 Å². The van der Waals surface area contributed by atoms with Crippen LogP contribution in [0.15, 0.2) is 16.5 Å². The fourth-order valence-electron chi connectivity index (χ4n) is 2.47. The monoisotopic (exact) mass is 332 g/mol. The summed E-state index contributed by atoms with van der Waals surface area (Å²) < 4.78 is 2.28. The second kappa shape index (κ2) is 7.55. The first kappa shape index (κ1) is 17.4. The van der Waals surface area contributed by atoms with E-state index in [-0.39, 0.29) is 12.3 Å². The maximum absolute atomic E-state index is 11.8. The summed E-state index contributed by atoms with van der Waals surface area (Å²) in [6.45, 7) is 11.5. The summed E-state index contributed by atoms with van der Waals surface area (Å²) in [5, 5.41) is 6.94. The molecule has 6 heteroatoms. The molecule has 0 aliphatic rings. The number of hydrazone groups is 1. The van der Waals surface area contributed by atoms with Crippen molar-refractivity contribution in [3.8, 4) is 0 Å². The van der Waals surface area contributed by atoms with E-state index >= 15 is 0 Å². The summed E-state index contributed by atoms with van der Waals surface area (Å²) in [6.07, 6.45) is 1.97. The van der Waals surface area contributed by atoms with Crippen molar-refractivity contribution in [2.45, 2.75) is 47.6 Å². The van der Waals surface area contributed by atoms with E-state index in [1.807, 2.05) is 12.3 Å². The van der Waals surface area contributed by atoms with Crippen molar-refractivity contribution in [2.75, 3.05) is 0 Å². The van der Waals surface area contributed by atoms with Crippen molar-refractivity contribution in [3.05, 3.63) is 39.1 Å². The normalized spacial score (nSPS) is 11.6. The first-order valence-electron chi connectivity index (χ1n) is 7.76. The van der Waals surface area contributed by atoms with E-state index in [9.17, 15) is 4.79 Å². The molecular weight excluding hydrogens is 308 g/mol. The Morgan fingerprint density at radius 3 is 2.78 bits per heavy atom. The molecule has 124 valence electrons. The molecule has 0 aromatic carbocycles. The van der Waals surface area contributed by atoms with Gasteiger partial charge in [0.05, 0.1) is 23.3 Å². The zero-order valence-corrected chi connectivity index (χ0v) is 15.2. The highest BCUT2D eigenvalue weighted by atomic mass is 32.1. The van der Waals surface area contributed by atoms with Crippen LogP contribution in [0.2, 0.25) is 0 Å². The number of thiazole rings is 1. The van der Waals surface area contributed by atoms with Crippen LogP contribution < -0.4 is 5.43 Å². The van der Waals surface area contributed by atoms with E-state index in [4.69, 9.17) is 0 Å². The standard InChI is InChI=1S/C17H24N4OS/c1-11(2)9-21-12(3)6-15(13(21)4)8-18-20-17(22)7-16-10-23-14(5)19-16/h6,8,10-11H,7,9H2,1-5H3,(H,20,22)/b18-8-. The van der Waals surface area contributed by atoms with Gasteiger partial charge in [-0.2, -0.15) is 5.10 Å². The number of hydrogen-bond donors (Lipinski definition) is 1. The number of nitrogens with one attached hydrogen (secondary N) is 1. The molecule has 23 heavy (non-hydrogen) atoms. The molecule has 0 aliphatic carbocycles. The van der Waals surface area contributed by atoms with Crippen LogP contribution in [-0.2, 0) is 17.8 Å². The second-order valence-corrected chi connectivity index (χ2v) is 7.22. The average Bonchev–Trinajstić information content (AvgIpc) is 2.97. The van der Waals surface area contributed by atoms with Gasteiger partial charge in [0.25, 0.3) is 0 Å². The predicted molar refractivity (Wildman–Crippen MR) is 95.0 cm³/mol. The van der Waals surface area contributed by atoms with Gasteiger partial charge in [-0.3, -0.25) is 4.79 Å². The fraction of sp³-hybridized carbons (Fsp3) is 0.471. The van der Waals surface area contributed by atoms with Gasteiger partial charge in [-0.15, -0.1) is 11.3 Å². The Kier molecular flexibility index (Phi) is 5.71.